The molecule has 1 amide bonds. The van der Waals surface area contributed by atoms with Crippen molar-refractivity contribution in [3.05, 3.63) is 58.4 Å². The van der Waals surface area contributed by atoms with Gasteiger partial charge in [0.1, 0.15) is 5.82 Å². The molecule has 0 aliphatic carbocycles. The number of nitrogens with zero attached hydrogens (tertiary/aromatic N) is 1. The number of nitrogens with one attached hydrogen (secondary N) is 1. The summed E-state index contributed by atoms with van der Waals surface area (Å²) in [4.78, 5) is 12.6. The van der Waals surface area contributed by atoms with E-state index in [4.69, 9.17) is 11.6 Å². The number of hydrogen-bond acceptors (Lipinski definition) is 3. The molecule has 0 spiro atoms. The SMILES string of the molecule is CCC1CCCCN1S(=O)(=O)c1ccc(F)c(C(=O)Nc2cccc(Cl)c2C)c1. The van der Waals surface area contributed by atoms with Gasteiger partial charge in [0.25, 0.3) is 5.91 Å². The molecule has 0 aromatic heterocycles. The first-order chi connectivity index (χ1) is 13.8. The number of hydrogen-bond donors (Lipinski definition) is 1. The molecule has 0 bridgehead atoms. The maximum Gasteiger partial charge on any atom is 0.258 e. The molecule has 2 aromatic rings. The molecular formula is C21H24ClFN2O3S. The van der Waals surface area contributed by atoms with Crippen LogP contribution in [0.2, 0.25) is 5.02 Å². The summed E-state index contributed by atoms with van der Waals surface area (Å²) in [7, 11) is -3.82. The third-order valence-electron chi connectivity index (χ3n) is 5.35. The van der Waals surface area contributed by atoms with Crippen molar-refractivity contribution in [3.63, 3.8) is 0 Å². The Balaban J connectivity index is 1.93. The molecule has 156 valence electrons. The van der Waals surface area contributed by atoms with Crippen molar-refractivity contribution in [1.29, 1.82) is 0 Å². The Bertz CT molecular complexity index is 1030. The number of benzene rings is 2. The van der Waals surface area contributed by atoms with Crippen molar-refractivity contribution >= 4 is 33.2 Å². The summed E-state index contributed by atoms with van der Waals surface area (Å²) in [5, 5.41) is 3.08. The van der Waals surface area contributed by atoms with Crippen LogP contribution in [0.5, 0.6) is 0 Å². The summed E-state index contributed by atoms with van der Waals surface area (Å²) in [6.07, 6.45) is 3.29. The minimum absolute atomic E-state index is 0.0767. The number of rotatable bonds is 5. The Morgan fingerprint density at radius 2 is 2.03 bits per heavy atom. The zero-order chi connectivity index (χ0) is 21.2. The number of anilines is 1. The normalized spacial score (nSPS) is 17.9. The Hall–Kier alpha value is -1.96. The highest BCUT2D eigenvalue weighted by molar-refractivity contribution is 7.89. The van der Waals surface area contributed by atoms with Crippen molar-refractivity contribution in [3.8, 4) is 0 Å². The van der Waals surface area contributed by atoms with Gasteiger partial charge in [-0.05, 0) is 62.1 Å². The van der Waals surface area contributed by atoms with Gasteiger partial charge in [-0.3, -0.25) is 4.79 Å². The topological polar surface area (TPSA) is 66.5 Å². The predicted molar refractivity (Wildman–Crippen MR) is 112 cm³/mol. The molecule has 1 saturated heterocycles. The fraction of sp³-hybridized carbons (Fsp3) is 0.381. The molecule has 2 aromatic carbocycles. The van der Waals surface area contributed by atoms with Crippen LogP contribution in [-0.2, 0) is 10.0 Å². The van der Waals surface area contributed by atoms with E-state index in [1.54, 1.807) is 25.1 Å². The van der Waals surface area contributed by atoms with Crippen LogP contribution in [0.25, 0.3) is 0 Å². The lowest BCUT2D eigenvalue weighted by Gasteiger charge is -2.34. The lowest BCUT2D eigenvalue weighted by atomic mass is 10.0. The number of carbonyl (C=O) groups is 1. The molecule has 1 unspecified atom stereocenters. The Morgan fingerprint density at radius 3 is 2.76 bits per heavy atom. The molecule has 0 radical (unpaired) electrons. The summed E-state index contributed by atoms with van der Waals surface area (Å²) in [6.45, 7) is 4.12. The van der Waals surface area contributed by atoms with Crippen molar-refractivity contribution in [2.75, 3.05) is 11.9 Å². The van der Waals surface area contributed by atoms with Crippen molar-refractivity contribution in [1.82, 2.24) is 4.31 Å². The third-order valence-corrected chi connectivity index (χ3v) is 7.71. The average Bonchev–Trinajstić information content (AvgIpc) is 2.71. The summed E-state index contributed by atoms with van der Waals surface area (Å²) in [5.41, 5.74) is 0.763. The second-order valence-corrected chi connectivity index (χ2v) is 9.48. The summed E-state index contributed by atoms with van der Waals surface area (Å²) in [5.74, 6) is -1.51. The van der Waals surface area contributed by atoms with E-state index in [1.807, 2.05) is 6.92 Å². The second-order valence-electron chi connectivity index (χ2n) is 7.18. The van der Waals surface area contributed by atoms with Gasteiger partial charge in [0.15, 0.2) is 0 Å². The van der Waals surface area contributed by atoms with Gasteiger partial charge < -0.3 is 5.32 Å². The van der Waals surface area contributed by atoms with Crippen LogP contribution in [0.3, 0.4) is 0 Å². The van der Waals surface area contributed by atoms with Crippen LogP contribution < -0.4 is 5.32 Å². The molecule has 1 heterocycles. The summed E-state index contributed by atoms with van der Waals surface area (Å²) in [6, 6.07) is 8.28. The summed E-state index contributed by atoms with van der Waals surface area (Å²) >= 11 is 6.06. The standard InChI is InChI=1S/C21H24ClFN2O3S/c1-3-15-7-4-5-12-25(15)29(27,28)16-10-11-19(23)17(13-16)21(26)24-20-9-6-8-18(22)14(20)2/h6,8-11,13,15H,3-5,7,12H2,1-2H3,(H,24,26). The van der Waals surface area contributed by atoms with E-state index in [9.17, 15) is 17.6 Å². The van der Waals surface area contributed by atoms with Gasteiger partial charge in [-0.25, -0.2) is 12.8 Å². The largest absolute Gasteiger partial charge is 0.322 e. The summed E-state index contributed by atoms with van der Waals surface area (Å²) < 4.78 is 42.2. The highest BCUT2D eigenvalue weighted by Crippen LogP contribution is 2.29. The monoisotopic (exact) mass is 438 g/mol. The molecule has 1 aliphatic rings. The van der Waals surface area contributed by atoms with Crippen molar-refractivity contribution in [2.45, 2.75) is 50.5 Å². The van der Waals surface area contributed by atoms with E-state index in [2.05, 4.69) is 5.32 Å². The minimum Gasteiger partial charge on any atom is -0.322 e. The van der Waals surface area contributed by atoms with Crippen LogP contribution >= 0.6 is 11.6 Å². The van der Waals surface area contributed by atoms with Crippen molar-refractivity contribution in [2.24, 2.45) is 0 Å². The highest BCUT2D eigenvalue weighted by Gasteiger charge is 2.33. The van der Waals surface area contributed by atoms with E-state index in [1.165, 1.54) is 10.4 Å². The van der Waals surface area contributed by atoms with E-state index in [0.717, 1.165) is 31.4 Å². The average molecular weight is 439 g/mol. The number of sulfonamides is 1. The fourth-order valence-corrected chi connectivity index (χ4v) is 5.57. The van der Waals surface area contributed by atoms with Crippen LogP contribution in [0.4, 0.5) is 10.1 Å². The van der Waals surface area contributed by atoms with Crippen LogP contribution in [0.1, 0.15) is 48.5 Å². The Morgan fingerprint density at radius 1 is 1.28 bits per heavy atom. The molecule has 29 heavy (non-hydrogen) atoms. The quantitative estimate of drug-likeness (QED) is 0.714. The van der Waals surface area contributed by atoms with E-state index in [-0.39, 0.29) is 16.5 Å². The highest BCUT2D eigenvalue weighted by atomic mass is 35.5. The minimum atomic E-state index is -3.82. The Labute approximate surface area is 175 Å². The lowest BCUT2D eigenvalue weighted by Crippen LogP contribution is -2.43. The molecule has 1 fully saturated rings. The zero-order valence-electron chi connectivity index (χ0n) is 16.4. The molecule has 0 saturated carbocycles. The predicted octanol–water partition coefficient (Wildman–Crippen LogP) is 4.99. The van der Waals surface area contributed by atoms with Gasteiger partial charge in [-0.1, -0.05) is 31.0 Å². The van der Waals surface area contributed by atoms with E-state index in [0.29, 0.717) is 29.2 Å². The number of halogens is 2. The van der Waals surface area contributed by atoms with Crippen LogP contribution in [0, 0.1) is 12.7 Å². The van der Waals surface area contributed by atoms with Crippen LogP contribution in [0.15, 0.2) is 41.3 Å². The van der Waals surface area contributed by atoms with Gasteiger partial charge in [-0.2, -0.15) is 4.31 Å². The number of carbonyl (C=O) groups excluding carboxylic acids is 1. The first kappa shape index (κ1) is 21.7. The molecule has 3 rings (SSSR count). The number of piperidine rings is 1. The third kappa shape index (κ3) is 4.47. The van der Waals surface area contributed by atoms with Gasteiger partial charge >= 0.3 is 0 Å². The molecule has 1 aliphatic heterocycles. The zero-order valence-corrected chi connectivity index (χ0v) is 18.0. The second kappa shape index (κ2) is 8.81. The first-order valence-electron chi connectivity index (χ1n) is 9.63. The molecule has 8 heteroatoms. The first-order valence-corrected chi connectivity index (χ1v) is 11.5. The lowest BCUT2D eigenvalue weighted by molar-refractivity contribution is 0.102. The van der Waals surface area contributed by atoms with Gasteiger partial charge in [0.05, 0.1) is 10.5 Å². The van der Waals surface area contributed by atoms with Crippen molar-refractivity contribution < 1.29 is 17.6 Å². The van der Waals surface area contributed by atoms with Gasteiger partial charge in [0, 0.05) is 23.3 Å². The van der Waals surface area contributed by atoms with Gasteiger partial charge in [0.2, 0.25) is 10.0 Å². The maximum absolute atomic E-state index is 14.4. The molecular weight excluding hydrogens is 415 g/mol. The van der Waals surface area contributed by atoms with Crippen LogP contribution in [-0.4, -0.2) is 31.2 Å². The Kier molecular flexibility index (Phi) is 6.61. The van der Waals surface area contributed by atoms with Gasteiger partial charge in [-0.15, -0.1) is 0 Å². The molecule has 5 nitrogen and oxygen atoms in total. The smallest absolute Gasteiger partial charge is 0.258 e. The van der Waals surface area contributed by atoms with E-state index < -0.39 is 21.7 Å². The number of amides is 1. The molecule has 1 atom stereocenters. The van der Waals surface area contributed by atoms with E-state index >= 15 is 0 Å². The molecule has 1 N–H and O–H groups in total. The maximum atomic E-state index is 14.4. The fourth-order valence-electron chi connectivity index (χ4n) is 3.61.